The molecule has 3 aromatic rings. The molecule has 0 unspecified atom stereocenters. The van der Waals surface area contributed by atoms with Gasteiger partial charge in [-0.25, -0.2) is 9.69 Å². The summed E-state index contributed by atoms with van der Waals surface area (Å²) in [5, 5.41) is 0. The molecule has 312 valence electrons. The second-order valence-corrected chi connectivity index (χ2v) is 14.3. The Morgan fingerprint density at radius 3 is 1.81 bits per heavy atom. The first kappa shape index (κ1) is 41.6. The summed E-state index contributed by atoms with van der Waals surface area (Å²) < 4.78 is 55.1. The second-order valence-electron chi connectivity index (χ2n) is 14.3. The zero-order valence-corrected chi connectivity index (χ0v) is 32.7. The van der Waals surface area contributed by atoms with Gasteiger partial charge in [-0.2, -0.15) is 0 Å². The summed E-state index contributed by atoms with van der Waals surface area (Å²) >= 11 is 0. The van der Waals surface area contributed by atoms with Crippen LogP contribution in [-0.2, 0) is 70.2 Å². The fourth-order valence-corrected chi connectivity index (χ4v) is 7.83. The molecule has 17 heteroatoms. The van der Waals surface area contributed by atoms with Crippen molar-refractivity contribution >= 4 is 35.8 Å². The molecule has 0 saturated carbocycles. The molecule has 0 bridgehead atoms. The number of rotatable bonds is 14. The van der Waals surface area contributed by atoms with Gasteiger partial charge in [-0.3, -0.25) is 28.9 Å². The number of ether oxygens (including phenoxy) is 9. The Labute approximate surface area is 339 Å². The van der Waals surface area contributed by atoms with Gasteiger partial charge in [0, 0.05) is 27.9 Å². The third kappa shape index (κ3) is 8.76. The van der Waals surface area contributed by atoms with Crippen molar-refractivity contribution in [2.75, 3.05) is 20.3 Å². The van der Waals surface area contributed by atoms with Gasteiger partial charge in [0.15, 0.2) is 24.8 Å². The third-order valence-electron chi connectivity index (χ3n) is 10.4. The summed E-state index contributed by atoms with van der Waals surface area (Å²) in [5.74, 6) is -3.42. The van der Waals surface area contributed by atoms with Crippen molar-refractivity contribution in [1.82, 2.24) is 9.80 Å². The van der Waals surface area contributed by atoms with E-state index in [-0.39, 0.29) is 30.9 Å². The van der Waals surface area contributed by atoms with Gasteiger partial charge in [0.1, 0.15) is 43.1 Å². The Morgan fingerprint density at radius 2 is 1.24 bits per heavy atom. The lowest BCUT2D eigenvalue weighted by Crippen LogP contribution is -2.69. The fourth-order valence-electron chi connectivity index (χ4n) is 7.83. The van der Waals surface area contributed by atoms with Crippen LogP contribution in [0.5, 0.6) is 0 Å². The smallest absolute Gasteiger partial charge is 0.417 e. The van der Waals surface area contributed by atoms with E-state index in [1.807, 2.05) is 60.7 Å². The van der Waals surface area contributed by atoms with E-state index < -0.39 is 104 Å². The van der Waals surface area contributed by atoms with E-state index in [4.69, 9.17) is 42.6 Å². The zero-order valence-electron chi connectivity index (χ0n) is 32.7. The molecule has 0 spiro atoms. The maximum Gasteiger partial charge on any atom is 0.417 e. The largest absolute Gasteiger partial charge is 0.463 e. The number of methoxy groups -OCH3 is 1. The van der Waals surface area contributed by atoms with E-state index in [2.05, 4.69) is 0 Å². The third-order valence-corrected chi connectivity index (χ3v) is 10.4. The summed E-state index contributed by atoms with van der Waals surface area (Å²) in [6.07, 6.45) is -11.5. The SMILES string of the molecule is CO[C@H]1O[C@H](COCc2ccccc2)[C@@H](O[C@H]2O[C@H](COC(C)=O)[C@@H](OC(C)=O)[C@@H]3OC(=O)N(C(C)=O)[C@@H]23)[C@H](OCc2ccccc2)[C@H]1N1C(=O)c2ccccc2C1=O. The van der Waals surface area contributed by atoms with Gasteiger partial charge in [-0.05, 0) is 23.3 Å². The van der Waals surface area contributed by atoms with Gasteiger partial charge in [-0.15, -0.1) is 0 Å². The van der Waals surface area contributed by atoms with Crippen LogP contribution >= 0.6 is 0 Å². The van der Waals surface area contributed by atoms with Crippen LogP contribution in [0.1, 0.15) is 52.6 Å². The quantitative estimate of drug-likeness (QED) is 0.131. The van der Waals surface area contributed by atoms with Crippen LogP contribution in [0.4, 0.5) is 4.79 Å². The van der Waals surface area contributed by atoms with Crippen LogP contribution < -0.4 is 0 Å². The second kappa shape index (κ2) is 18.1. The Balaban J connectivity index is 1.32. The molecule has 3 saturated heterocycles. The molecule has 3 aromatic carbocycles. The molecule has 3 fully saturated rings. The molecule has 4 aliphatic heterocycles. The zero-order chi connectivity index (χ0) is 41.8. The molecular weight excluding hydrogens is 772 g/mol. The van der Waals surface area contributed by atoms with E-state index in [0.29, 0.717) is 0 Å². The van der Waals surface area contributed by atoms with E-state index in [9.17, 15) is 28.8 Å². The van der Waals surface area contributed by atoms with Crippen molar-refractivity contribution in [1.29, 1.82) is 0 Å². The van der Waals surface area contributed by atoms with E-state index in [1.54, 1.807) is 24.3 Å². The highest BCUT2D eigenvalue weighted by Crippen LogP contribution is 2.40. The molecule has 4 heterocycles. The van der Waals surface area contributed by atoms with Gasteiger partial charge < -0.3 is 42.6 Å². The number of nitrogens with zero attached hydrogens (tertiary/aromatic N) is 2. The topological polar surface area (TPSA) is 192 Å². The molecule has 4 aliphatic rings. The number of benzene rings is 3. The van der Waals surface area contributed by atoms with E-state index in [0.717, 1.165) is 34.8 Å². The van der Waals surface area contributed by atoms with Crippen LogP contribution in [-0.4, -0.2) is 127 Å². The predicted octanol–water partition coefficient (Wildman–Crippen LogP) is 3.17. The number of fused-ring (bicyclic) bond motifs is 2. The molecule has 17 nitrogen and oxygen atoms in total. The van der Waals surface area contributed by atoms with Crippen molar-refractivity contribution in [3.05, 3.63) is 107 Å². The first-order valence-electron chi connectivity index (χ1n) is 19.0. The highest BCUT2D eigenvalue weighted by molar-refractivity contribution is 6.21. The van der Waals surface area contributed by atoms with Crippen molar-refractivity contribution < 1.29 is 71.4 Å². The van der Waals surface area contributed by atoms with Crippen LogP contribution in [0.25, 0.3) is 0 Å². The van der Waals surface area contributed by atoms with Crippen molar-refractivity contribution in [2.24, 2.45) is 0 Å². The van der Waals surface area contributed by atoms with Crippen molar-refractivity contribution in [3.63, 3.8) is 0 Å². The summed E-state index contributed by atoms with van der Waals surface area (Å²) in [5.41, 5.74) is 1.93. The maximum atomic E-state index is 14.2. The van der Waals surface area contributed by atoms with Gasteiger partial charge in [-0.1, -0.05) is 72.8 Å². The Hall–Kier alpha value is -5.56. The highest BCUT2D eigenvalue weighted by atomic mass is 16.7. The molecule has 10 atom stereocenters. The average molecular weight is 817 g/mol. The number of carbonyl (C=O) groups is 6. The van der Waals surface area contributed by atoms with Crippen molar-refractivity contribution in [2.45, 2.75) is 95.3 Å². The Morgan fingerprint density at radius 1 is 0.661 bits per heavy atom. The highest BCUT2D eigenvalue weighted by Gasteiger charge is 2.62. The van der Waals surface area contributed by atoms with Crippen LogP contribution in [0, 0.1) is 0 Å². The fraction of sp³-hybridized carbons (Fsp3) is 0.429. The molecular formula is C42H44N2O15. The maximum absolute atomic E-state index is 14.2. The predicted molar refractivity (Wildman–Crippen MR) is 200 cm³/mol. The summed E-state index contributed by atoms with van der Waals surface area (Å²) in [7, 11) is 1.36. The van der Waals surface area contributed by atoms with Crippen LogP contribution in [0.15, 0.2) is 84.9 Å². The molecule has 0 N–H and O–H groups in total. The first-order valence-corrected chi connectivity index (χ1v) is 19.0. The summed E-state index contributed by atoms with van der Waals surface area (Å²) in [6.45, 7) is 2.95. The number of imide groups is 2. The number of hydrogen-bond donors (Lipinski definition) is 0. The minimum atomic E-state index is -1.59. The minimum absolute atomic E-state index is 0.0403. The summed E-state index contributed by atoms with van der Waals surface area (Å²) in [6, 6.07) is 22.2. The standard InChI is InChI=1S/C42H44N2O15/c1-23(45)43-33-37(59-42(43)50)35(55-25(3)47)31(22-53-24(2)46)57-41(33)58-34-30(21-52-19-26-13-7-5-8-14-26)56-40(51-4)32(36(34)54-20-27-15-9-6-10-16-27)44-38(48)28-17-11-12-18-29(28)39(44)49/h5-18,30-37,40-41H,19-22H2,1-4H3/t30-,31-,32-,33-,34-,35-,36-,37-,40+,41-/m1/s1. The molecule has 59 heavy (non-hydrogen) atoms. The number of amides is 4. The Bertz CT molecular complexity index is 2000. The number of carbonyl (C=O) groups excluding carboxylic acids is 6. The Kier molecular flexibility index (Phi) is 12.8. The molecule has 0 radical (unpaired) electrons. The van der Waals surface area contributed by atoms with Gasteiger partial charge in [0.25, 0.3) is 11.8 Å². The van der Waals surface area contributed by atoms with Crippen LogP contribution in [0.3, 0.4) is 0 Å². The van der Waals surface area contributed by atoms with Gasteiger partial charge in [0.2, 0.25) is 5.91 Å². The van der Waals surface area contributed by atoms with Gasteiger partial charge >= 0.3 is 18.0 Å². The summed E-state index contributed by atoms with van der Waals surface area (Å²) in [4.78, 5) is 80.9. The lowest BCUT2D eigenvalue weighted by atomic mass is 9.93. The molecule has 4 amide bonds. The average Bonchev–Trinajstić information content (AvgIpc) is 3.71. The van der Waals surface area contributed by atoms with Crippen LogP contribution in [0.2, 0.25) is 0 Å². The van der Waals surface area contributed by atoms with Gasteiger partial charge in [0.05, 0.1) is 30.9 Å². The normalized spacial score (nSPS) is 28.8. The number of esters is 2. The van der Waals surface area contributed by atoms with Crippen molar-refractivity contribution in [3.8, 4) is 0 Å². The van der Waals surface area contributed by atoms with E-state index >= 15 is 0 Å². The molecule has 7 rings (SSSR count). The lowest BCUT2D eigenvalue weighted by molar-refractivity contribution is -0.339. The lowest BCUT2D eigenvalue weighted by Gasteiger charge is -2.50. The van der Waals surface area contributed by atoms with E-state index in [1.165, 1.54) is 14.0 Å². The monoisotopic (exact) mass is 816 g/mol. The number of hydrogen-bond acceptors (Lipinski definition) is 15. The molecule has 0 aliphatic carbocycles. The minimum Gasteiger partial charge on any atom is -0.463 e. The molecule has 0 aromatic heterocycles. The first-order chi connectivity index (χ1) is 28.5.